The molecule has 4 heterocycles. The van der Waals surface area contributed by atoms with E-state index in [0.29, 0.717) is 18.4 Å². The van der Waals surface area contributed by atoms with Crippen LogP contribution in [0.1, 0.15) is 49.0 Å². The van der Waals surface area contributed by atoms with Gasteiger partial charge in [-0.15, -0.1) is 0 Å². The molecule has 2 saturated heterocycles. The molecule has 0 radical (unpaired) electrons. The first-order valence-corrected chi connectivity index (χ1v) is 17.0. The number of carbonyl (C=O) groups excluding carboxylic acids is 4. The van der Waals surface area contributed by atoms with Gasteiger partial charge in [0.2, 0.25) is 11.8 Å². The van der Waals surface area contributed by atoms with E-state index in [1.807, 2.05) is 75.4 Å². The third-order valence-electron chi connectivity index (χ3n) is 10.2. The minimum Gasteiger partial charge on any atom is -0.455 e. The summed E-state index contributed by atoms with van der Waals surface area (Å²) in [5, 5.41) is 13.5. The average molecular weight is 672 g/mol. The number of hydrogen-bond acceptors (Lipinski definition) is 8. The van der Waals surface area contributed by atoms with Crippen molar-refractivity contribution >= 4 is 29.4 Å². The molecule has 49 heavy (non-hydrogen) atoms. The van der Waals surface area contributed by atoms with E-state index < -0.39 is 59.6 Å². The Hall–Kier alpha value is -4.32. The van der Waals surface area contributed by atoms with Crippen LogP contribution in [-0.4, -0.2) is 90.4 Å². The average Bonchev–Trinajstić information content (AvgIpc) is 3.48. The molecular formula is C38H45N3O8. The number of aliphatic hydroxyl groups is 1. The highest BCUT2D eigenvalue weighted by Crippen LogP contribution is 2.54. The van der Waals surface area contributed by atoms with Crippen molar-refractivity contribution in [1.82, 2.24) is 10.2 Å². The highest BCUT2D eigenvalue weighted by atomic mass is 16.6. The summed E-state index contributed by atoms with van der Waals surface area (Å²) >= 11 is 0. The van der Waals surface area contributed by atoms with Crippen LogP contribution in [0.4, 0.5) is 5.69 Å². The van der Waals surface area contributed by atoms with Crippen LogP contribution in [0.3, 0.4) is 0 Å². The highest BCUT2D eigenvalue weighted by Gasteiger charge is 2.72. The van der Waals surface area contributed by atoms with Crippen LogP contribution in [0.25, 0.3) is 0 Å². The van der Waals surface area contributed by atoms with Gasteiger partial charge in [0.05, 0.1) is 37.3 Å². The fraction of sp³-hybridized carbons (Fsp3) is 0.474. The van der Waals surface area contributed by atoms with Crippen LogP contribution in [0.15, 0.2) is 72.8 Å². The first kappa shape index (κ1) is 34.5. The number of rotatable bonds is 7. The molecule has 2 aromatic rings. The topological polar surface area (TPSA) is 135 Å². The number of aliphatic hydroxyl groups excluding tert-OH is 1. The Morgan fingerprint density at radius 2 is 1.84 bits per heavy atom. The second-order valence-corrected chi connectivity index (χ2v) is 13.3. The van der Waals surface area contributed by atoms with Gasteiger partial charge in [-0.3, -0.25) is 19.2 Å². The summed E-state index contributed by atoms with van der Waals surface area (Å²) in [7, 11) is 1.51. The van der Waals surface area contributed by atoms with Crippen molar-refractivity contribution in [2.75, 3.05) is 31.8 Å². The number of esters is 1. The van der Waals surface area contributed by atoms with Crippen molar-refractivity contribution < 1.29 is 38.5 Å². The summed E-state index contributed by atoms with van der Waals surface area (Å²) in [5.41, 5.74) is 1.71. The minimum absolute atomic E-state index is 0.0707. The van der Waals surface area contributed by atoms with Gasteiger partial charge >= 0.3 is 5.97 Å². The van der Waals surface area contributed by atoms with Crippen molar-refractivity contribution in [3.05, 3.63) is 89.5 Å². The molecule has 11 nitrogen and oxygen atoms in total. The van der Waals surface area contributed by atoms with Gasteiger partial charge in [-0.25, -0.2) is 0 Å². The molecule has 1 spiro atoms. The van der Waals surface area contributed by atoms with E-state index in [0.717, 1.165) is 16.8 Å². The second kappa shape index (κ2) is 14.3. The molecule has 2 N–H and O–H groups in total. The number of amides is 3. The number of ether oxygens (including phenoxy) is 3. The third-order valence-corrected chi connectivity index (χ3v) is 10.2. The standard InChI is InChI=1S/C38H45N3O8/c1-5-26(21-42)41-34-36(45)40(28-20-23(2)16-17-24(28)3)19-11-18-38(34)32(35(41)44)31-29(49-38)14-9-10-15-30(43)39-27(22-47-4)33(48-37(31)46)25-12-7-6-8-13-25/h6-9,11-14,16-18,20,26-27,29,31-34,42H,5,10,15,19,21-22H2,1-4H3,(H,39,43)/b14-9-/t26-,27-,29-,31+,32+,33-,34-,38+/m0/s1. The number of nitrogens with one attached hydrogen (secondary N) is 1. The second-order valence-electron chi connectivity index (χ2n) is 13.3. The van der Waals surface area contributed by atoms with Gasteiger partial charge in [0.1, 0.15) is 23.7 Å². The first-order valence-electron chi connectivity index (χ1n) is 17.0. The van der Waals surface area contributed by atoms with Gasteiger partial charge < -0.3 is 34.4 Å². The van der Waals surface area contributed by atoms with E-state index in [2.05, 4.69) is 5.32 Å². The number of allylic oxidation sites excluding steroid dienone is 1. The molecule has 260 valence electrons. The number of cyclic esters (lactones) is 1. The number of aryl methyl sites for hydroxylation is 2. The lowest BCUT2D eigenvalue weighted by molar-refractivity contribution is -0.162. The molecule has 8 atom stereocenters. The zero-order valence-electron chi connectivity index (χ0n) is 28.4. The minimum atomic E-state index is -1.52. The van der Waals surface area contributed by atoms with E-state index in [9.17, 15) is 24.3 Å². The van der Waals surface area contributed by atoms with E-state index in [1.165, 1.54) is 12.0 Å². The van der Waals surface area contributed by atoms with E-state index >= 15 is 0 Å². The van der Waals surface area contributed by atoms with Crippen molar-refractivity contribution in [3.63, 3.8) is 0 Å². The van der Waals surface area contributed by atoms with Crippen LogP contribution < -0.4 is 10.2 Å². The molecule has 2 aromatic carbocycles. The lowest BCUT2D eigenvalue weighted by atomic mass is 9.77. The largest absolute Gasteiger partial charge is 0.455 e. The number of benzene rings is 2. The molecule has 0 saturated carbocycles. The first-order chi connectivity index (χ1) is 23.6. The number of fused-ring (bicyclic) bond motifs is 2. The number of anilines is 1. The van der Waals surface area contributed by atoms with Crippen LogP contribution in [-0.2, 0) is 33.4 Å². The smallest absolute Gasteiger partial charge is 0.313 e. The maximum absolute atomic E-state index is 14.9. The molecule has 0 unspecified atom stereocenters. The molecule has 6 rings (SSSR count). The Morgan fingerprint density at radius 3 is 2.55 bits per heavy atom. The molecule has 0 aliphatic carbocycles. The number of hydrogen-bond donors (Lipinski definition) is 2. The predicted molar refractivity (Wildman–Crippen MR) is 181 cm³/mol. The Kier molecular flexibility index (Phi) is 10.1. The number of nitrogens with zero attached hydrogens (tertiary/aromatic N) is 2. The number of likely N-dealkylation sites (tertiary alicyclic amines) is 1. The van der Waals surface area contributed by atoms with Gasteiger partial charge in [-0.1, -0.05) is 73.7 Å². The lowest BCUT2D eigenvalue weighted by Crippen LogP contribution is -2.58. The SMILES string of the molecule is CC[C@@H](CO)N1C(=O)[C@H]2[C@@H]3C(=O)O[C@@H](c4ccccc4)[C@H](COC)NC(=O)CC/C=C\[C@@H]3O[C@]23C=CCN(c2cc(C)ccc2C)C(=O)[C@H]13. The van der Waals surface area contributed by atoms with Crippen molar-refractivity contribution in [2.24, 2.45) is 11.8 Å². The number of methoxy groups -OCH3 is 1. The quantitative estimate of drug-likeness (QED) is 0.338. The van der Waals surface area contributed by atoms with Gasteiger partial charge in [-0.2, -0.15) is 0 Å². The monoisotopic (exact) mass is 671 g/mol. The Labute approximate surface area is 286 Å². The van der Waals surface area contributed by atoms with Gasteiger partial charge in [0.25, 0.3) is 5.91 Å². The van der Waals surface area contributed by atoms with Crippen molar-refractivity contribution in [2.45, 2.75) is 76.0 Å². The van der Waals surface area contributed by atoms with Gasteiger partial charge in [0.15, 0.2) is 0 Å². The normalized spacial score (nSPS) is 31.4. The molecule has 4 aliphatic heterocycles. The van der Waals surface area contributed by atoms with Crippen LogP contribution >= 0.6 is 0 Å². The molecule has 3 amide bonds. The summed E-state index contributed by atoms with van der Waals surface area (Å²) in [4.78, 5) is 60.4. The van der Waals surface area contributed by atoms with Crippen LogP contribution in [0.5, 0.6) is 0 Å². The van der Waals surface area contributed by atoms with E-state index in [1.54, 1.807) is 23.1 Å². The molecule has 4 aliphatic rings. The number of carbonyl (C=O) groups is 4. The summed E-state index contributed by atoms with van der Waals surface area (Å²) in [5.74, 6) is -3.96. The molecule has 2 fully saturated rings. The summed E-state index contributed by atoms with van der Waals surface area (Å²) in [6.45, 7) is 5.67. The predicted octanol–water partition coefficient (Wildman–Crippen LogP) is 3.32. The molecule has 0 bridgehead atoms. The Balaban J connectivity index is 1.48. The van der Waals surface area contributed by atoms with Crippen molar-refractivity contribution in [3.8, 4) is 0 Å². The summed E-state index contributed by atoms with van der Waals surface area (Å²) < 4.78 is 18.6. The molecular weight excluding hydrogens is 626 g/mol. The maximum atomic E-state index is 14.9. The lowest BCUT2D eigenvalue weighted by Gasteiger charge is -2.38. The van der Waals surface area contributed by atoms with E-state index in [4.69, 9.17) is 14.2 Å². The molecule has 11 heteroatoms. The van der Waals surface area contributed by atoms with Gasteiger partial charge in [0, 0.05) is 25.8 Å². The van der Waals surface area contributed by atoms with E-state index in [-0.39, 0.29) is 38.0 Å². The summed E-state index contributed by atoms with van der Waals surface area (Å²) in [6.07, 6.45) is 6.14. The fourth-order valence-corrected chi connectivity index (χ4v) is 7.86. The van der Waals surface area contributed by atoms with Crippen LogP contribution in [0.2, 0.25) is 0 Å². The van der Waals surface area contributed by atoms with Crippen LogP contribution in [0, 0.1) is 25.7 Å². The molecule has 0 aromatic heterocycles. The Bertz CT molecular complexity index is 1640. The Morgan fingerprint density at radius 1 is 1.06 bits per heavy atom. The maximum Gasteiger partial charge on any atom is 0.313 e. The fourth-order valence-electron chi connectivity index (χ4n) is 7.86. The zero-order valence-corrected chi connectivity index (χ0v) is 28.4. The van der Waals surface area contributed by atoms with Gasteiger partial charge in [-0.05, 0) is 49.4 Å². The summed E-state index contributed by atoms with van der Waals surface area (Å²) in [6, 6.07) is 12.4. The zero-order chi connectivity index (χ0) is 34.9. The van der Waals surface area contributed by atoms with Crippen molar-refractivity contribution in [1.29, 1.82) is 0 Å². The highest BCUT2D eigenvalue weighted by molar-refractivity contribution is 6.06. The third kappa shape index (κ3) is 6.19.